The minimum absolute atomic E-state index is 0.0817. The molecule has 3 aromatic rings. The molecule has 0 radical (unpaired) electrons. The number of epoxide rings is 1. The molecule has 0 bridgehead atoms. The van der Waals surface area contributed by atoms with Crippen molar-refractivity contribution in [3.05, 3.63) is 53.1 Å². The summed E-state index contributed by atoms with van der Waals surface area (Å²) < 4.78 is 17.0. The van der Waals surface area contributed by atoms with Crippen molar-refractivity contribution >= 4 is 34.2 Å². The molecule has 2 heterocycles. The number of fused-ring (bicyclic) bond motifs is 1. The van der Waals surface area contributed by atoms with Gasteiger partial charge < -0.3 is 24.8 Å². The third-order valence-corrected chi connectivity index (χ3v) is 5.36. The minimum Gasteiger partial charge on any atom is -0.475 e. The van der Waals surface area contributed by atoms with Crippen LogP contribution in [0.3, 0.4) is 0 Å². The van der Waals surface area contributed by atoms with E-state index in [2.05, 4.69) is 21.7 Å². The van der Waals surface area contributed by atoms with Gasteiger partial charge in [-0.1, -0.05) is 17.7 Å². The first-order valence-electron chi connectivity index (χ1n) is 10.2. The van der Waals surface area contributed by atoms with Crippen LogP contribution in [0.1, 0.15) is 18.4 Å². The zero-order valence-corrected chi connectivity index (χ0v) is 17.7. The molecule has 1 saturated carbocycles. The van der Waals surface area contributed by atoms with Crippen molar-refractivity contribution in [2.75, 3.05) is 18.5 Å². The number of nitriles is 1. The Kier molecular flexibility index (Phi) is 5.43. The molecular weight excluding hydrogens is 432 g/mol. The summed E-state index contributed by atoms with van der Waals surface area (Å²) in [6.07, 6.45) is 2.08. The Morgan fingerprint density at radius 3 is 2.84 bits per heavy atom. The summed E-state index contributed by atoms with van der Waals surface area (Å²) in [7, 11) is 0. The molecule has 9 heteroatoms. The number of urea groups is 1. The van der Waals surface area contributed by atoms with Crippen molar-refractivity contribution in [1.82, 2.24) is 10.3 Å². The van der Waals surface area contributed by atoms with Gasteiger partial charge in [-0.2, -0.15) is 5.26 Å². The fraction of sp³-hybridized carbons (Fsp3) is 0.261. The zero-order valence-electron chi connectivity index (χ0n) is 16.9. The normalized spacial score (nSPS) is 16.8. The van der Waals surface area contributed by atoms with Gasteiger partial charge in [0.2, 0.25) is 5.88 Å². The van der Waals surface area contributed by atoms with Crippen molar-refractivity contribution in [3.63, 3.8) is 0 Å². The van der Waals surface area contributed by atoms with Gasteiger partial charge in [0, 0.05) is 18.2 Å². The Morgan fingerprint density at radius 1 is 1.28 bits per heavy atom. The van der Waals surface area contributed by atoms with E-state index in [0.29, 0.717) is 57.8 Å². The highest BCUT2D eigenvalue weighted by Gasteiger charge is 2.24. The van der Waals surface area contributed by atoms with E-state index >= 15 is 0 Å². The molecule has 0 unspecified atom stereocenters. The van der Waals surface area contributed by atoms with Crippen LogP contribution in [0, 0.1) is 11.3 Å². The van der Waals surface area contributed by atoms with Crippen molar-refractivity contribution in [3.8, 4) is 23.4 Å². The molecule has 8 nitrogen and oxygen atoms in total. The molecule has 2 aromatic carbocycles. The van der Waals surface area contributed by atoms with E-state index in [4.69, 9.17) is 25.8 Å². The Bertz CT molecular complexity index is 1230. The number of carbonyl (C=O) groups is 1. The number of rotatable bonds is 7. The highest BCUT2D eigenvalue weighted by atomic mass is 35.5. The molecule has 1 atom stereocenters. The van der Waals surface area contributed by atoms with Crippen LogP contribution in [0.5, 0.6) is 17.4 Å². The summed E-state index contributed by atoms with van der Waals surface area (Å²) in [6.45, 7) is 1.07. The summed E-state index contributed by atoms with van der Waals surface area (Å²) in [4.78, 5) is 16.5. The Morgan fingerprint density at radius 2 is 2.12 bits per heavy atom. The molecule has 2 N–H and O–H groups in total. The molecule has 5 rings (SSSR count). The molecule has 32 heavy (non-hydrogen) atoms. The number of pyridine rings is 1. The van der Waals surface area contributed by atoms with Gasteiger partial charge in [-0.3, -0.25) is 0 Å². The Labute approximate surface area is 189 Å². The number of carbonyl (C=O) groups excluding carboxylic acids is 1. The Hall–Kier alpha value is -3.54. The third-order valence-electron chi connectivity index (χ3n) is 5.04. The maximum absolute atomic E-state index is 12.0. The summed E-state index contributed by atoms with van der Waals surface area (Å²) in [5, 5.41) is 16.1. The van der Waals surface area contributed by atoms with Gasteiger partial charge in [0.05, 0.1) is 39.9 Å². The lowest BCUT2D eigenvalue weighted by Crippen LogP contribution is -2.30. The van der Waals surface area contributed by atoms with Gasteiger partial charge >= 0.3 is 6.03 Å². The predicted molar refractivity (Wildman–Crippen MR) is 118 cm³/mol. The van der Waals surface area contributed by atoms with Gasteiger partial charge in [-0.25, -0.2) is 9.78 Å². The van der Waals surface area contributed by atoms with Crippen molar-refractivity contribution < 1.29 is 19.0 Å². The highest BCUT2D eigenvalue weighted by Crippen LogP contribution is 2.36. The topological polar surface area (TPSA) is 109 Å². The van der Waals surface area contributed by atoms with E-state index in [0.717, 1.165) is 12.8 Å². The number of aromatic nitrogens is 1. The molecule has 0 spiro atoms. The maximum atomic E-state index is 12.0. The molecule has 1 aliphatic carbocycles. The summed E-state index contributed by atoms with van der Waals surface area (Å²) in [5.74, 6) is 1.24. The lowest BCUT2D eigenvalue weighted by atomic mass is 10.1. The van der Waals surface area contributed by atoms with E-state index in [1.54, 1.807) is 42.5 Å². The first-order chi connectivity index (χ1) is 15.6. The lowest BCUT2D eigenvalue weighted by Gasteiger charge is -2.14. The monoisotopic (exact) mass is 450 g/mol. The number of anilines is 1. The standard InChI is InChI=1S/C23H19ClN4O4/c24-17-8-15(6-7-18(17)28-23(29)26-14-4-5-14)32-20-9-21(31-12-16-11-30-16)27-19-3-1-2-13(10-25)22(19)20/h1-3,6-9,14,16H,4-5,11-12H2,(H2,26,28,29)/t16-/m1/s1. The van der Waals surface area contributed by atoms with E-state index in [1.165, 1.54) is 0 Å². The minimum atomic E-state index is -0.289. The third kappa shape index (κ3) is 4.69. The molecule has 2 amide bonds. The van der Waals surface area contributed by atoms with Crippen LogP contribution in [0.4, 0.5) is 10.5 Å². The summed E-state index contributed by atoms with van der Waals surface area (Å²) in [6, 6.07) is 14.0. The van der Waals surface area contributed by atoms with Crippen LogP contribution >= 0.6 is 11.6 Å². The van der Waals surface area contributed by atoms with Gasteiger partial charge in [-0.15, -0.1) is 0 Å². The lowest BCUT2D eigenvalue weighted by molar-refractivity contribution is 0.251. The molecule has 1 aliphatic heterocycles. The molecule has 2 aliphatic rings. The van der Waals surface area contributed by atoms with E-state index in [1.807, 2.05) is 0 Å². The predicted octanol–water partition coefficient (Wildman–Crippen LogP) is 4.61. The van der Waals surface area contributed by atoms with Crippen molar-refractivity contribution in [2.24, 2.45) is 0 Å². The number of amides is 2. The van der Waals surface area contributed by atoms with Crippen LogP contribution in [0.25, 0.3) is 10.9 Å². The quantitative estimate of drug-likeness (QED) is 0.508. The summed E-state index contributed by atoms with van der Waals surface area (Å²) in [5.41, 5.74) is 1.49. The van der Waals surface area contributed by atoms with E-state index < -0.39 is 0 Å². The van der Waals surface area contributed by atoms with Gasteiger partial charge in [0.25, 0.3) is 0 Å². The van der Waals surface area contributed by atoms with Crippen molar-refractivity contribution in [1.29, 1.82) is 5.26 Å². The number of nitrogens with zero attached hydrogens (tertiary/aromatic N) is 2. The fourth-order valence-electron chi connectivity index (χ4n) is 3.18. The number of nitrogens with one attached hydrogen (secondary N) is 2. The highest BCUT2D eigenvalue weighted by molar-refractivity contribution is 6.33. The Balaban J connectivity index is 1.42. The smallest absolute Gasteiger partial charge is 0.319 e. The van der Waals surface area contributed by atoms with Crippen molar-refractivity contribution in [2.45, 2.75) is 25.0 Å². The molecule has 1 saturated heterocycles. The van der Waals surface area contributed by atoms with Crippen LogP contribution in [-0.4, -0.2) is 36.4 Å². The molecule has 162 valence electrons. The SMILES string of the molecule is N#Cc1cccc2nc(OC[C@H]3CO3)cc(Oc3ccc(NC(=O)NC4CC4)c(Cl)c3)c12. The number of benzene rings is 2. The number of ether oxygens (including phenoxy) is 3. The second-order valence-electron chi connectivity index (χ2n) is 7.65. The second kappa shape index (κ2) is 8.54. The fourth-order valence-corrected chi connectivity index (χ4v) is 3.39. The number of halogens is 1. The molecule has 1 aromatic heterocycles. The average Bonchev–Trinajstić information content (AvgIpc) is 3.70. The molecular formula is C23H19ClN4O4. The van der Waals surface area contributed by atoms with Crippen LogP contribution in [0.15, 0.2) is 42.5 Å². The van der Waals surface area contributed by atoms with Crippen LogP contribution in [-0.2, 0) is 4.74 Å². The van der Waals surface area contributed by atoms with Crippen LogP contribution in [0.2, 0.25) is 5.02 Å². The first-order valence-corrected chi connectivity index (χ1v) is 10.6. The largest absolute Gasteiger partial charge is 0.475 e. The van der Waals surface area contributed by atoms with E-state index in [9.17, 15) is 10.1 Å². The zero-order chi connectivity index (χ0) is 22.1. The summed E-state index contributed by atoms with van der Waals surface area (Å²) >= 11 is 6.37. The number of hydrogen-bond acceptors (Lipinski definition) is 6. The molecule has 2 fully saturated rings. The van der Waals surface area contributed by atoms with Gasteiger partial charge in [0.1, 0.15) is 24.2 Å². The maximum Gasteiger partial charge on any atom is 0.319 e. The van der Waals surface area contributed by atoms with Crippen LogP contribution < -0.4 is 20.1 Å². The van der Waals surface area contributed by atoms with Gasteiger partial charge in [0.15, 0.2) is 0 Å². The van der Waals surface area contributed by atoms with E-state index in [-0.39, 0.29) is 18.2 Å². The number of hydrogen-bond donors (Lipinski definition) is 2. The second-order valence-corrected chi connectivity index (χ2v) is 8.06. The van der Waals surface area contributed by atoms with Gasteiger partial charge in [-0.05, 0) is 37.1 Å². The average molecular weight is 451 g/mol. The first kappa shape index (κ1) is 20.4.